The molecule has 7 nitrogen and oxygen atoms in total. The average molecular weight is 416 g/mol. The van der Waals surface area contributed by atoms with Crippen LogP contribution in [0.1, 0.15) is 36.6 Å². The lowest BCUT2D eigenvalue weighted by Crippen LogP contribution is -2.32. The van der Waals surface area contributed by atoms with Crippen LogP contribution >= 0.6 is 0 Å². The van der Waals surface area contributed by atoms with Crippen molar-refractivity contribution in [3.05, 3.63) is 60.3 Å². The zero-order valence-corrected chi connectivity index (χ0v) is 17.5. The Morgan fingerprint density at radius 2 is 1.90 bits per heavy atom. The summed E-state index contributed by atoms with van der Waals surface area (Å²) >= 11 is 0. The number of carbonyl (C=O) groups is 1. The van der Waals surface area contributed by atoms with Gasteiger partial charge < -0.3 is 9.15 Å². The van der Waals surface area contributed by atoms with Crippen molar-refractivity contribution in [1.29, 1.82) is 0 Å². The first-order valence-electron chi connectivity index (χ1n) is 9.33. The van der Waals surface area contributed by atoms with Crippen LogP contribution in [-0.4, -0.2) is 37.3 Å². The maximum atomic E-state index is 13.5. The third-order valence-corrected chi connectivity index (χ3v) is 6.48. The van der Waals surface area contributed by atoms with Crippen molar-refractivity contribution in [3.8, 4) is 0 Å². The molecule has 1 aromatic heterocycles. The topological polar surface area (TPSA) is 89.7 Å². The van der Waals surface area contributed by atoms with Gasteiger partial charge in [-0.1, -0.05) is 50.2 Å². The fourth-order valence-corrected chi connectivity index (χ4v) is 4.60. The first-order chi connectivity index (χ1) is 13.8. The quantitative estimate of drug-likeness (QED) is 0.518. The number of sulfonamides is 1. The Hall–Kier alpha value is -2.71. The summed E-state index contributed by atoms with van der Waals surface area (Å²) in [5.74, 6) is -0.181. The standard InChI is InChI=1S/C21H24N2O5S/c1-15(2)11-12-23(13-20-22-18(14-28-20)21(24)27-3)29(25,26)19-10-6-8-16-7-4-5-9-17(16)19/h4-10,14-15H,11-13H2,1-3H3. The average Bonchev–Trinajstić information content (AvgIpc) is 3.18. The van der Waals surface area contributed by atoms with E-state index in [4.69, 9.17) is 4.42 Å². The zero-order valence-electron chi connectivity index (χ0n) is 16.7. The van der Waals surface area contributed by atoms with Gasteiger partial charge in [-0.3, -0.25) is 0 Å². The van der Waals surface area contributed by atoms with Gasteiger partial charge in [-0.15, -0.1) is 0 Å². The van der Waals surface area contributed by atoms with Gasteiger partial charge in [0.2, 0.25) is 15.9 Å². The van der Waals surface area contributed by atoms with Crippen LogP contribution in [0.15, 0.2) is 58.0 Å². The number of hydrogen-bond donors (Lipinski definition) is 0. The minimum absolute atomic E-state index is 0.00821. The molecule has 0 unspecified atom stereocenters. The van der Waals surface area contributed by atoms with Gasteiger partial charge in [0, 0.05) is 11.9 Å². The van der Waals surface area contributed by atoms with E-state index in [0.717, 1.165) is 5.39 Å². The minimum Gasteiger partial charge on any atom is -0.464 e. The SMILES string of the molecule is COC(=O)c1coc(CN(CCC(C)C)S(=O)(=O)c2cccc3ccccc23)n1. The molecule has 0 aliphatic heterocycles. The van der Waals surface area contributed by atoms with E-state index in [0.29, 0.717) is 24.3 Å². The summed E-state index contributed by atoms with van der Waals surface area (Å²) < 4.78 is 38.3. The largest absolute Gasteiger partial charge is 0.464 e. The molecule has 0 amide bonds. The normalized spacial score (nSPS) is 12.0. The Morgan fingerprint density at radius 3 is 2.62 bits per heavy atom. The molecule has 0 aliphatic carbocycles. The van der Waals surface area contributed by atoms with Crippen LogP contribution in [0.3, 0.4) is 0 Å². The van der Waals surface area contributed by atoms with Crippen LogP contribution in [0.2, 0.25) is 0 Å². The molecule has 8 heteroatoms. The number of esters is 1. The number of nitrogens with zero attached hydrogens (tertiary/aromatic N) is 2. The van der Waals surface area contributed by atoms with Crippen LogP contribution in [0.4, 0.5) is 0 Å². The Kier molecular flexibility index (Phi) is 6.34. The number of oxazole rings is 1. The number of aromatic nitrogens is 1. The third kappa shape index (κ3) is 4.65. The Morgan fingerprint density at radius 1 is 1.17 bits per heavy atom. The lowest BCUT2D eigenvalue weighted by Gasteiger charge is -2.22. The van der Waals surface area contributed by atoms with Gasteiger partial charge in [-0.2, -0.15) is 4.31 Å². The van der Waals surface area contributed by atoms with E-state index in [1.54, 1.807) is 18.2 Å². The van der Waals surface area contributed by atoms with Crippen molar-refractivity contribution >= 4 is 26.8 Å². The Balaban J connectivity index is 1.98. The molecule has 0 spiro atoms. The van der Waals surface area contributed by atoms with Gasteiger partial charge in [0.05, 0.1) is 18.6 Å². The molecule has 0 atom stereocenters. The molecule has 0 radical (unpaired) electrons. The summed E-state index contributed by atoms with van der Waals surface area (Å²) in [7, 11) is -2.57. The molecule has 29 heavy (non-hydrogen) atoms. The fourth-order valence-electron chi connectivity index (χ4n) is 2.98. The maximum absolute atomic E-state index is 13.5. The monoisotopic (exact) mass is 416 g/mol. The molecular formula is C21H24N2O5S. The number of rotatable bonds is 8. The second-order valence-electron chi connectivity index (χ2n) is 7.12. The molecule has 154 valence electrons. The van der Waals surface area contributed by atoms with Gasteiger partial charge in [0.1, 0.15) is 6.26 Å². The molecule has 1 heterocycles. The highest BCUT2D eigenvalue weighted by atomic mass is 32.2. The van der Waals surface area contributed by atoms with Crippen molar-refractivity contribution in [2.45, 2.75) is 31.7 Å². The maximum Gasteiger partial charge on any atom is 0.360 e. The van der Waals surface area contributed by atoms with Crippen molar-refractivity contribution < 1.29 is 22.4 Å². The number of methoxy groups -OCH3 is 1. The predicted molar refractivity (Wildman–Crippen MR) is 109 cm³/mol. The summed E-state index contributed by atoms with van der Waals surface area (Å²) in [6, 6.07) is 12.6. The molecule has 2 aromatic carbocycles. The predicted octanol–water partition coefficient (Wildman–Crippen LogP) is 3.85. The van der Waals surface area contributed by atoms with Crippen LogP contribution in [0.25, 0.3) is 10.8 Å². The summed E-state index contributed by atoms with van der Waals surface area (Å²) in [5, 5.41) is 1.51. The first-order valence-corrected chi connectivity index (χ1v) is 10.8. The lowest BCUT2D eigenvalue weighted by atomic mass is 10.1. The Bertz CT molecular complexity index is 1100. The summed E-state index contributed by atoms with van der Waals surface area (Å²) in [5.41, 5.74) is 0.00821. The Labute approximate surface area is 170 Å². The highest BCUT2D eigenvalue weighted by Crippen LogP contribution is 2.27. The van der Waals surface area contributed by atoms with Crippen LogP contribution in [0.5, 0.6) is 0 Å². The van der Waals surface area contributed by atoms with E-state index in [9.17, 15) is 13.2 Å². The molecule has 0 aliphatic rings. The van der Waals surface area contributed by atoms with Crippen LogP contribution in [0, 0.1) is 5.92 Å². The van der Waals surface area contributed by atoms with Gasteiger partial charge in [-0.25, -0.2) is 18.2 Å². The molecule has 0 bridgehead atoms. The van der Waals surface area contributed by atoms with Crippen LogP contribution in [-0.2, 0) is 21.3 Å². The molecule has 0 saturated carbocycles. The van der Waals surface area contributed by atoms with Crippen molar-refractivity contribution in [2.75, 3.05) is 13.7 Å². The van der Waals surface area contributed by atoms with Gasteiger partial charge in [0.25, 0.3) is 0 Å². The van der Waals surface area contributed by atoms with Crippen molar-refractivity contribution in [1.82, 2.24) is 9.29 Å². The summed E-state index contributed by atoms with van der Waals surface area (Å²) in [6.45, 7) is 4.29. The number of fused-ring (bicyclic) bond motifs is 1. The zero-order chi connectivity index (χ0) is 21.0. The van der Waals surface area contributed by atoms with Gasteiger partial charge in [-0.05, 0) is 23.8 Å². The van der Waals surface area contributed by atoms with Crippen LogP contribution < -0.4 is 0 Å². The molecule has 0 saturated heterocycles. The molecular weight excluding hydrogens is 392 g/mol. The second-order valence-corrected chi connectivity index (χ2v) is 9.02. The molecule has 3 aromatic rings. The molecule has 0 fully saturated rings. The van der Waals surface area contributed by atoms with E-state index < -0.39 is 16.0 Å². The molecule has 3 rings (SSSR count). The number of ether oxygens (including phenoxy) is 1. The smallest absolute Gasteiger partial charge is 0.360 e. The number of carbonyl (C=O) groups excluding carboxylic acids is 1. The van der Waals surface area contributed by atoms with Gasteiger partial charge >= 0.3 is 5.97 Å². The van der Waals surface area contributed by atoms with E-state index in [-0.39, 0.29) is 23.0 Å². The van der Waals surface area contributed by atoms with E-state index in [1.165, 1.54) is 17.7 Å². The number of hydrogen-bond acceptors (Lipinski definition) is 6. The highest BCUT2D eigenvalue weighted by Gasteiger charge is 2.28. The van der Waals surface area contributed by atoms with Gasteiger partial charge in [0.15, 0.2) is 5.69 Å². The number of benzene rings is 2. The first kappa shape index (κ1) is 21.0. The lowest BCUT2D eigenvalue weighted by molar-refractivity contribution is 0.0594. The highest BCUT2D eigenvalue weighted by molar-refractivity contribution is 7.89. The summed E-state index contributed by atoms with van der Waals surface area (Å²) in [6.07, 6.45) is 1.85. The van der Waals surface area contributed by atoms with Crippen molar-refractivity contribution in [2.24, 2.45) is 5.92 Å². The van der Waals surface area contributed by atoms with Crippen molar-refractivity contribution in [3.63, 3.8) is 0 Å². The molecule has 0 N–H and O–H groups in total. The fraction of sp³-hybridized carbons (Fsp3) is 0.333. The van der Waals surface area contributed by atoms with E-state index in [1.807, 2.05) is 38.1 Å². The van der Waals surface area contributed by atoms with E-state index in [2.05, 4.69) is 9.72 Å². The second kappa shape index (κ2) is 8.75. The third-order valence-electron chi connectivity index (χ3n) is 4.58. The minimum atomic E-state index is -3.82. The summed E-state index contributed by atoms with van der Waals surface area (Å²) in [4.78, 5) is 15.9. The van der Waals surface area contributed by atoms with E-state index >= 15 is 0 Å².